The molecule has 0 aliphatic rings. The predicted octanol–water partition coefficient (Wildman–Crippen LogP) is 3.24. The lowest BCUT2D eigenvalue weighted by Crippen LogP contribution is -2.10. The van der Waals surface area contributed by atoms with Crippen LogP contribution in [0.5, 0.6) is 5.75 Å². The zero-order valence-corrected chi connectivity index (χ0v) is 11.9. The number of hydrogen-bond donors (Lipinski definition) is 1. The van der Waals surface area contributed by atoms with Gasteiger partial charge in [-0.15, -0.1) is 0 Å². The third kappa shape index (κ3) is 3.79. The highest BCUT2D eigenvalue weighted by Crippen LogP contribution is 2.24. The van der Waals surface area contributed by atoms with Gasteiger partial charge in [0.05, 0.1) is 11.5 Å². The second-order valence-electron chi connectivity index (χ2n) is 4.81. The molecule has 0 fully saturated rings. The van der Waals surface area contributed by atoms with Crippen molar-refractivity contribution in [2.24, 2.45) is 5.73 Å². The van der Waals surface area contributed by atoms with Crippen LogP contribution < -0.4 is 10.5 Å². The lowest BCUT2D eigenvalue weighted by atomic mass is 10.1. The first kappa shape index (κ1) is 15.0. The summed E-state index contributed by atoms with van der Waals surface area (Å²) in [6.07, 6.45) is 0.477. The molecule has 0 radical (unpaired) electrons. The number of hydrogen-bond acceptors (Lipinski definition) is 4. The Morgan fingerprint density at radius 3 is 2.57 bits per heavy atom. The first-order valence-electron chi connectivity index (χ1n) is 6.79. The lowest BCUT2D eigenvalue weighted by Gasteiger charge is -2.13. The van der Waals surface area contributed by atoms with Crippen molar-refractivity contribution in [1.29, 1.82) is 0 Å². The third-order valence-electron chi connectivity index (χ3n) is 3.23. The van der Waals surface area contributed by atoms with Gasteiger partial charge < -0.3 is 10.5 Å². The summed E-state index contributed by atoms with van der Waals surface area (Å²) in [5.74, 6) is 0.728. The van der Waals surface area contributed by atoms with Crippen LogP contribution in [0.4, 0.5) is 5.69 Å². The molecule has 0 aromatic heterocycles. The van der Waals surface area contributed by atoms with E-state index in [-0.39, 0.29) is 16.7 Å². The molecule has 0 aliphatic heterocycles. The number of benzene rings is 2. The van der Waals surface area contributed by atoms with Gasteiger partial charge in [-0.1, -0.05) is 36.4 Å². The number of rotatable bonds is 6. The van der Waals surface area contributed by atoms with Crippen LogP contribution in [0, 0.1) is 10.1 Å². The van der Waals surface area contributed by atoms with E-state index < -0.39 is 0 Å². The van der Waals surface area contributed by atoms with E-state index in [9.17, 15) is 10.1 Å². The van der Waals surface area contributed by atoms with Crippen molar-refractivity contribution < 1.29 is 9.66 Å². The van der Waals surface area contributed by atoms with Crippen LogP contribution in [0.2, 0.25) is 0 Å². The molecular weight excluding hydrogens is 268 g/mol. The van der Waals surface area contributed by atoms with E-state index >= 15 is 0 Å². The lowest BCUT2D eigenvalue weighted by molar-refractivity contribution is -0.385. The first-order chi connectivity index (χ1) is 10.1. The van der Waals surface area contributed by atoms with Crippen LogP contribution >= 0.6 is 0 Å². The zero-order valence-electron chi connectivity index (χ0n) is 11.9. The minimum Gasteiger partial charge on any atom is -0.493 e. The van der Waals surface area contributed by atoms with Crippen molar-refractivity contribution in [3.05, 3.63) is 69.8 Å². The molecule has 0 amide bonds. The highest BCUT2D eigenvalue weighted by molar-refractivity contribution is 5.40. The van der Waals surface area contributed by atoms with Crippen molar-refractivity contribution in [2.45, 2.75) is 19.4 Å². The maximum absolute atomic E-state index is 10.9. The number of para-hydroxylation sites is 2. The van der Waals surface area contributed by atoms with Crippen LogP contribution in [-0.4, -0.2) is 11.5 Å². The molecule has 0 aliphatic carbocycles. The Balaban J connectivity index is 2.04. The number of nitro groups is 1. The Labute approximate surface area is 123 Å². The van der Waals surface area contributed by atoms with E-state index in [1.54, 1.807) is 18.2 Å². The van der Waals surface area contributed by atoms with E-state index in [1.165, 1.54) is 6.07 Å². The summed E-state index contributed by atoms with van der Waals surface area (Å²) in [4.78, 5) is 10.6. The Bertz CT molecular complexity index is 626. The van der Waals surface area contributed by atoms with E-state index in [0.717, 1.165) is 11.3 Å². The molecule has 2 N–H and O–H groups in total. The number of nitrogens with two attached hydrogens (primary N) is 1. The van der Waals surface area contributed by atoms with Crippen LogP contribution in [0.15, 0.2) is 48.5 Å². The average Bonchev–Trinajstić information content (AvgIpc) is 2.48. The fourth-order valence-corrected chi connectivity index (χ4v) is 2.16. The molecule has 0 spiro atoms. The quantitative estimate of drug-likeness (QED) is 0.653. The maximum atomic E-state index is 10.9. The summed E-state index contributed by atoms with van der Waals surface area (Å²) in [6, 6.07) is 14.2. The van der Waals surface area contributed by atoms with E-state index in [1.807, 2.05) is 31.2 Å². The van der Waals surface area contributed by atoms with Gasteiger partial charge in [-0.05, 0) is 13.0 Å². The van der Waals surface area contributed by atoms with Crippen LogP contribution in [-0.2, 0) is 6.42 Å². The fraction of sp³-hybridized carbons (Fsp3) is 0.250. The molecule has 2 aromatic carbocycles. The van der Waals surface area contributed by atoms with Gasteiger partial charge in [0.15, 0.2) is 0 Å². The molecule has 0 saturated heterocycles. The maximum Gasteiger partial charge on any atom is 0.272 e. The smallest absolute Gasteiger partial charge is 0.272 e. The van der Waals surface area contributed by atoms with Gasteiger partial charge in [0.2, 0.25) is 0 Å². The second kappa shape index (κ2) is 6.85. The van der Waals surface area contributed by atoms with Gasteiger partial charge in [0.1, 0.15) is 5.75 Å². The summed E-state index contributed by atoms with van der Waals surface area (Å²) in [5.41, 5.74) is 7.62. The number of ether oxygens (including phenoxy) is 1. The van der Waals surface area contributed by atoms with Crippen LogP contribution in [0.1, 0.15) is 24.1 Å². The molecule has 21 heavy (non-hydrogen) atoms. The van der Waals surface area contributed by atoms with E-state index in [4.69, 9.17) is 10.5 Å². The molecule has 0 saturated carbocycles. The van der Waals surface area contributed by atoms with Crippen molar-refractivity contribution >= 4 is 5.69 Å². The molecule has 110 valence electrons. The van der Waals surface area contributed by atoms with Crippen LogP contribution in [0.3, 0.4) is 0 Å². The predicted molar refractivity (Wildman–Crippen MR) is 81.3 cm³/mol. The summed E-state index contributed by atoms with van der Waals surface area (Å²) in [5, 5.41) is 10.9. The fourth-order valence-electron chi connectivity index (χ4n) is 2.16. The third-order valence-corrected chi connectivity index (χ3v) is 3.23. The van der Waals surface area contributed by atoms with Gasteiger partial charge in [-0.2, -0.15) is 0 Å². The van der Waals surface area contributed by atoms with Gasteiger partial charge in [0, 0.05) is 29.7 Å². The standard InChI is InChI=1S/C16H18N2O3/c1-12(17)14-7-3-5-9-16(14)21-11-10-13-6-2-4-8-15(13)18(19)20/h2-9,12H,10-11,17H2,1H3. The molecule has 0 heterocycles. The Kier molecular flexibility index (Phi) is 4.90. The minimum absolute atomic E-state index is 0.118. The highest BCUT2D eigenvalue weighted by atomic mass is 16.6. The van der Waals surface area contributed by atoms with Gasteiger partial charge >= 0.3 is 0 Å². The second-order valence-corrected chi connectivity index (χ2v) is 4.81. The molecule has 5 nitrogen and oxygen atoms in total. The van der Waals surface area contributed by atoms with E-state index in [0.29, 0.717) is 18.6 Å². The summed E-state index contributed by atoms with van der Waals surface area (Å²) in [7, 11) is 0. The van der Waals surface area contributed by atoms with Crippen molar-refractivity contribution in [3.63, 3.8) is 0 Å². The highest BCUT2D eigenvalue weighted by Gasteiger charge is 2.12. The van der Waals surface area contributed by atoms with Crippen molar-refractivity contribution in [2.75, 3.05) is 6.61 Å². The molecule has 0 bridgehead atoms. The van der Waals surface area contributed by atoms with E-state index in [2.05, 4.69) is 0 Å². The molecule has 1 unspecified atom stereocenters. The van der Waals surface area contributed by atoms with Crippen molar-refractivity contribution in [3.8, 4) is 5.75 Å². The average molecular weight is 286 g/mol. The van der Waals surface area contributed by atoms with Crippen molar-refractivity contribution in [1.82, 2.24) is 0 Å². The molecule has 2 aromatic rings. The number of nitro benzene ring substituents is 1. The first-order valence-corrected chi connectivity index (χ1v) is 6.79. The van der Waals surface area contributed by atoms with Gasteiger partial charge in [-0.25, -0.2) is 0 Å². The van der Waals surface area contributed by atoms with Gasteiger partial charge in [0.25, 0.3) is 5.69 Å². The SMILES string of the molecule is CC(N)c1ccccc1OCCc1ccccc1[N+](=O)[O-]. The summed E-state index contributed by atoms with van der Waals surface area (Å²) >= 11 is 0. The number of nitrogens with zero attached hydrogens (tertiary/aromatic N) is 1. The Morgan fingerprint density at radius 2 is 1.86 bits per heavy atom. The zero-order chi connectivity index (χ0) is 15.2. The molecule has 2 rings (SSSR count). The topological polar surface area (TPSA) is 78.4 Å². The Morgan fingerprint density at radius 1 is 1.19 bits per heavy atom. The largest absolute Gasteiger partial charge is 0.493 e. The summed E-state index contributed by atoms with van der Waals surface area (Å²) in [6.45, 7) is 2.26. The molecule has 1 atom stereocenters. The van der Waals surface area contributed by atoms with Crippen LogP contribution in [0.25, 0.3) is 0 Å². The molecule has 5 heteroatoms. The summed E-state index contributed by atoms with van der Waals surface area (Å²) < 4.78 is 5.73. The Hall–Kier alpha value is -2.40. The molecular formula is C16H18N2O3. The normalized spacial score (nSPS) is 11.9. The van der Waals surface area contributed by atoms with Gasteiger partial charge in [-0.3, -0.25) is 10.1 Å². The monoisotopic (exact) mass is 286 g/mol. The minimum atomic E-state index is -0.370.